The molecule has 2 rings (SSSR count). The molecule has 0 bridgehead atoms. The topological polar surface area (TPSA) is 66.5 Å². The Balaban J connectivity index is 2.06. The number of halogens is 3. The van der Waals surface area contributed by atoms with E-state index in [1.165, 1.54) is 18.2 Å². The Hall–Kier alpha value is -2.55. The fraction of sp³-hybridized carbons (Fsp3) is 0.188. The third-order valence-electron chi connectivity index (χ3n) is 3.26. The number of nitrogens with zero attached hydrogens (tertiary/aromatic N) is 1. The van der Waals surface area contributed by atoms with Crippen molar-refractivity contribution in [3.05, 3.63) is 59.9 Å². The number of amides is 1. The molecule has 9 heteroatoms. The lowest BCUT2D eigenvalue weighted by molar-refractivity contribution is -0.116. The highest BCUT2D eigenvalue weighted by Gasteiger charge is 2.19. The Morgan fingerprint density at radius 3 is 2.24 bits per heavy atom. The van der Waals surface area contributed by atoms with Gasteiger partial charge in [-0.25, -0.2) is 21.6 Å². The van der Waals surface area contributed by atoms with Gasteiger partial charge in [-0.1, -0.05) is 0 Å². The molecule has 1 N–H and O–H groups in total. The maximum Gasteiger partial charge on any atom is 0.232 e. The van der Waals surface area contributed by atoms with Gasteiger partial charge in [0.2, 0.25) is 15.9 Å². The molecule has 0 aliphatic heterocycles. The fourth-order valence-electron chi connectivity index (χ4n) is 2.09. The summed E-state index contributed by atoms with van der Waals surface area (Å²) in [5.74, 6) is -3.26. The average molecular weight is 372 g/mol. The van der Waals surface area contributed by atoms with Crippen LogP contribution in [0.4, 0.5) is 24.5 Å². The number of carbonyl (C=O) groups excluding carboxylic acids is 1. The van der Waals surface area contributed by atoms with E-state index in [1.54, 1.807) is 0 Å². The van der Waals surface area contributed by atoms with Gasteiger partial charge >= 0.3 is 0 Å². The van der Waals surface area contributed by atoms with E-state index in [0.29, 0.717) is 0 Å². The second-order valence-corrected chi connectivity index (χ2v) is 7.15. The summed E-state index contributed by atoms with van der Waals surface area (Å²) in [6, 6.07) is 7.65. The van der Waals surface area contributed by atoms with Crippen molar-refractivity contribution in [3.63, 3.8) is 0 Å². The molecule has 0 radical (unpaired) electrons. The molecule has 134 valence electrons. The minimum atomic E-state index is -3.69. The second kappa shape index (κ2) is 7.56. The molecule has 5 nitrogen and oxygen atoms in total. The lowest BCUT2D eigenvalue weighted by atomic mass is 10.2. The molecular weight excluding hydrogens is 357 g/mol. The van der Waals surface area contributed by atoms with E-state index in [2.05, 4.69) is 5.32 Å². The van der Waals surface area contributed by atoms with Crippen LogP contribution in [-0.2, 0) is 14.8 Å². The molecular formula is C16H15F3N2O3S. The molecule has 0 aliphatic rings. The standard InChI is InChI=1S/C16H15F3N2O3S/c1-25(23,24)21(13-5-2-11(17)3-6-13)9-8-16(22)20-12-4-7-14(18)15(19)10-12/h2-7,10H,8-9H2,1H3,(H,20,22). The number of rotatable bonds is 6. The number of nitrogens with one attached hydrogen (secondary N) is 1. The molecule has 0 aromatic heterocycles. The van der Waals surface area contributed by atoms with Crippen LogP contribution in [0.3, 0.4) is 0 Å². The van der Waals surface area contributed by atoms with Crippen molar-refractivity contribution in [2.45, 2.75) is 6.42 Å². The predicted molar refractivity (Wildman–Crippen MR) is 88.2 cm³/mol. The minimum Gasteiger partial charge on any atom is -0.326 e. The van der Waals surface area contributed by atoms with E-state index in [-0.39, 0.29) is 24.3 Å². The average Bonchev–Trinajstić information content (AvgIpc) is 2.51. The van der Waals surface area contributed by atoms with Crippen molar-refractivity contribution >= 4 is 27.3 Å². The first kappa shape index (κ1) is 18.8. The molecule has 0 heterocycles. The Kier molecular flexibility index (Phi) is 5.68. The molecule has 0 saturated heterocycles. The minimum absolute atomic E-state index is 0.0524. The summed E-state index contributed by atoms with van der Waals surface area (Å²) >= 11 is 0. The molecule has 0 atom stereocenters. The third kappa shape index (κ3) is 5.21. The smallest absolute Gasteiger partial charge is 0.232 e. The maximum absolute atomic E-state index is 13.1. The number of benzene rings is 2. The Labute approximate surface area is 143 Å². The highest BCUT2D eigenvalue weighted by molar-refractivity contribution is 7.92. The van der Waals surface area contributed by atoms with Gasteiger partial charge in [-0.05, 0) is 36.4 Å². The van der Waals surface area contributed by atoms with Crippen molar-refractivity contribution in [2.24, 2.45) is 0 Å². The molecule has 0 unspecified atom stereocenters. The van der Waals surface area contributed by atoms with Crippen molar-refractivity contribution in [1.29, 1.82) is 0 Å². The zero-order valence-electron chi connectivity index (χ0n) is 13.2. The zero-order chi connectivity index (χ0) is 18.6. The van der Waals surface area contributed by atoms with Crippen molar-refractivity contribution in [2.75, 3.05) is 22.4 Å². The van der Waals surface area contributed by atoms with E-state index < -0.39 is 33.4 Å². The number of carbonyl (C=O) groups is 1. The van der Waals surface area contributed by atoms with E-state index in [9.17, 15) is 26.4 Å². The van der Waals surface area contributed by atoms with Crippen molar-refractivity contribution < 1.29 is 26.4 Å². The summed E-state index contributed by atoms with van der Waals surface area (Å²) in [6.45, 7) is -0.194. The number of sulfonamides is 1. The van der Waals surface area contributed by atoms with Crippen LogP contribution in [0, 0.1) is 17.5 Å². The molecule has 25 heavy (non-hydrogen) atoms. The van der Waals surface area contributed by atoms with Crippen LogP contribution in [0.2, 0.25) is 0 Å². The summed E-state index contributed by atoms with van der Waals surface area (Å²) < 4.78 is 63.6. The summed E-state index contributed by atoms with van der Waals surface area (Å²) in [4.78, 5) is 11.9. The SMILES string of the molecule is CS(=O)(=O)N(CCC(=O)Nc1ccc(F)c(F)c1)c1ccc(F)cc1. The molecule has 1 amide bonds. The van der Waals surface area contributed by atoms with Gasteiger partial charge in [0.25, 0.3) is 0 Å². The number of hydrogen-bond donors (Lipinski definition) is 1. The highest BCUT2D eigenvalue weighted by atomic mass is 32.2. The van der Waals surface area contributed by atoms with Crippen LogP contribution in [0.15, 0.2) is 42.5 Å². The second-order valence-electron chi connectivity index (χ2n) is 5.24. The van der Waals surface area contributed by atoms with Gasteiger partial charge < -0.3 is 5.32 Å². The van der Waals surface area contributed by atoms with Crippen LogP contribution in [0.1, 0.15) is 6.42 Å². The Morgan fingerprint density at radius 2 is 1.68 bits per heavy atom. The maximum atomic E-state index is 13.1. The summed E-state index contributed by atoms with van der Waals surface area (Å²) in [5.41, 5.74) is 0.265. The van der Waals surface area contributed by atoms with Crippen molar-refractivity contribution in [3.8, 4) is 0 Å². The van der Waals surface area contributed by atoms with Gasteiger partial charge in [0.05, 0.1) is 11.9 Å². The summed E-state index contributed by atoms with van der Waals surface area (Å²) in [5, 5.41) is 2.35. The molecule has 0 saturated carbocycles. The molecule has 2 aromatic carbocycles. The monoisotopic (exact) mass is 372 g/mol. The number of anilines is 2. The third-order valence-corrected chi connectivity index (χ3v) is 4.45. The number of hydrogen-bond acceptors (Lipinski definition) is 3. The Morgan fingerprint density at radius 1 is 1.04 bits per heavy atom. The van der Waals surface area contributed by atoms with Gasteiger partial charge in [-0.15, -0.1) is 0 Å². The van der Waals surface area contributed by atoms with E-state index in [4.69, 9.17) is 0 Å². The van der Waals surface area contributed by atoms with E-state index >= 15 is 0 Å². The van der Waals surface area contributed by atoms with Gasteiger partial charge in [-0.3, -0.25) is 9.10 Å². The first-order valence-electron chi connectivity index (χ1n) is 7.15. The van der Waals surface area contributed by atoms with Crippen LogP contribution >= 0.6 is 0 Å². The summed E-state index contributed by atoms with van der Waals surface area (Å²) in [7, 11) is -3.69. The normalized spacial score (nSPS) is 11.2. The van der Waals surface area contributed by atoms with Crippen LogP contribution in [0.5, 0.6) is 0 Å². The highest BCUT2D eigenvalue weighted by Crippen LogP contribution is 2.19. The first-order chi connectivity index (χ1) is 11.7. The zero-order valence-corrected chi connectivity index (χ0v) is 14.0. The van der Waals surface area contributed by atoms with Crippen LogP contribution < -0.4 is 9.62 Å². The molecule has 2 aromatic rings. The Bertz CT molecular complexity index is 871. The van der Waals surface area contributed by atoms with Crippen molar-refractivity contribution in [1.82, 2.24) is 0 Å². The van der Waals surface area contributed by atoms with Gasteiger partial charge in [-0.2, -0.15) is 0 Å². The largest absolute Gasteiger partial charge is 0.326 e. The first-order valence-corrected chi connectivity index (χ1v) is 9.00. The summed E-state index contributed by atoms with van der Waals surface area (Å²) in [6.07, 6.45) is 0.729. The van der Waals surface area contributed by atoms with Crippen LogP contribution in [-0.4, -0.2) is 27.1 Å². The van der Waals surface area contributed by atoms with Crippen LogP contribution in [0.25, 0.3) is 0 Å². The quantitative estimate of drug-likeness (QED) is 0.848. The van der Waals surface area contributed by atoms with Gasteiger partial charge in [0.1, 0.15) is 5.82 Å². The lowest BCUT2D eigenvalue weighted by Crippen LogP contribution is -2.33. The van der Waals surface area contributed by atoms with Gasteiger partial charge in [0, 0.05) is 24.7 Å². The molecule has 0 aliphatic carbocycles. The lowest BCUT2D eigenvalue weighted by Gasteiger charge is -2.22. The van der Waals surface area contributed by atoms with E-state index in [1.807, 2.05) is 0 Å². The fourth-order valence-corrected chi connectivity index (χ4v) is 3.02. The molecule has 0 fully saturated rings. The van der Waals surface area contributed by atoms with E-state index in [0.717, 1.165) is 34.8 Å². The predicted octanol–water partition coefficient (Wildman–Crippen LogP) is 2.90. The van der Waals surface area contributed by atoms with Gasteiger partial charge in [0.15, 0.2) is 11.6 Å². The molecule has 0 spiro atoms.